The van der Waals surface area contributed by atoms with E-state index >= 15 is 0 Å². The Morgan fingerprint density at radius 3 is 2.50 bits per heavy atom. The average molecular weight is 448 g/mol. The Morgan fingerprint density at radius 1 is 1.11 bits per heavy atom. The van der Waals surface area contributed by atoms with Crippen molar-refractivity contribution in [2.75, 3.05) is 31.1 Å². The molecule has 1 amide bonds. The van der Waals surface area contributed by atoms with Gasteiger partial charge in [0.2, 0.25) is 0 Å². The lowest BCUT2D eigenvalue weighted by molar-refractivity contribution is -0.274. The molecule has 3 aromatic rings. The number of aromatic nitrogens is 1. The lowest BCUT2D eigenvalue weighted by atomic mass is 10.3. The number of piperazine rings is 1. The van der Waals surface area contributed by atoms with E-state index in [0.29, 0.717) is 50.7 Å². The average Bonchev–Trinajstić information content (AvgIpc) is 3.26. The number of ether oxygens (including phenoxy) is 1. The quantitative estimate of drug-likeness (QED) is 0.574. The first-order chi connectivity index (χ1) is 13.3. The number of anilines is 1. The number of nitrogens with zero attached hydrogens (tertiary/aromatic N) is 3. The lowest BCUT2D eigenvalue weighted by Crippen LogP contribution is -2.48. The van der Waals surface area contributed by atoms with Crippen molar-refractivity contribution in [3.8, 4) is 5.75 Å². The summed E-state index contributed by atoms with van der Waals surface area (Å²) in [5, 5.41) is 0.713. The molecule has 1 aliphatic heterocycles. The van der Waals surface area contributed by atoms with Gasteiger partial charge in [-0.15, -0.1) is 24.5 Å². The van der Waals surface area contributed by atoms with E-state index in [-0.39, 0.29) is 11.7 Å². The largest absolute Gasteiger partial charge is 0.573 e. The smallest absolute Gasteiger partial charge is 0.406 e. The molecule has 0 N–H and O–H groups in total. The van der Waals surface area contributed by atoms with E-state index < -0.39 is 6.36 Å². The van der Waals surface area contributed by atoms with Crippen LogP contribution in [0.5, 0.6) is 5.75 Å². The van der Waals surface area contributed by atoms with Crippen molar-refractivity contribution in [3.05, 3.63) is 39.5 Å². The van der Waals surface area contributed by atoms with E-state index in [0.717, 1.165) is 0 Å². The summed E-state index contributed by atoms with van der Waals surface area (Å²) >= 11 is 8.45. The Labute approximate surface area is 170 Å². The van der Waals surface area contributed by atoms with E-state index in [4.69, 9.17) is 11.6 Å². The van der Waals surface area contributed by atoms with Crippen molar-refractivity contribution in [3.63, 3.8) is 0 Å². The Balaban J connectivity index is 1.44. The first kappa shape index (κ1) is 19.3. The van der Waals surface area contributed by atoms with Crippen LogP contribution in [0, 0.1) is 0 Å². The summed E-state index contributed by atoms with van der Waals surface area (Å²) in [5.74, 6) is -0.310. The van der Waals surface area contributed by atoms with E-state index in [9.17, 15) is 18.0 Å². The fourth-order valence-corrected chi connectivity index (χ4v) is 4.97. The van der Waals surface area contributed by atoms with Crippen LogP contribution in [-0.4, -0.2) is 48.3 Å². The zero-order valence-electron chi connectivity index (χ0n) is 14.2. The van der Waals surface area contributed by atoms with E-state index in [2.05, 4.69) is 9.72 Å². The topological polar surface area (TPSA) is 45.7 Å². The van der Waals surface area contributed by atoms with Crippen LogP contribution in [0.2, 0.25) is 4.34 Å². The Kier molecular flexibility index (Phi) is 5.11. The lowest BCUT2D eigenvalue weighted by Gasteiger charge is -2.34. The first-order valence-electron chi connectivity index (χ1n) is 8.24. The Bertz CT molecular complexity index is 1010. The molecule has 0 bridgehead atoms. The van der Waals surface area contributed by atoms with Gasteiger partial charge in [-0.2, -0.15) is 0 Å². The fraction of sp³-hybridized carbons (Fsp3) is 0.294. The number of rotatable bonds is 3. The molecule has 1 aromatic carbocycles. The molecule has 1 aliphatic rings. The van der Waals surface area contributed by atoms with Crippen LogP contribution < -0.4 is 9.64 Å². The molecule has 5 nitrogen and oxygen atoms in total. The Hall–Kier alpha value is -2.04. The molecule has 1 saturated heterocycles. The number of benzene rings is 1. The number of hydrogen-bond donors (Lipinski definition) is 0. The summed E-state index contributed by atoms with van der Waals surface area (Å²) in [4.78, 5) is 21.4. The molecule has 1 fully saturated rings. The molecule has 0 aliphatic carbocycles. The summed E-state index contributed by atoms with van der Waals surface area (Å²) < 4.78 is 42.3. The van der Waals surface area contributed by atoms with Gasteiger partial charge in [0, 0.05) is 32.2 Å². The van der Waals surface area contributed by atoms with Gasteiger partial charge in [-0.1, -0.05) is 22.9 Å². The highest BCUT2D eigenvalue weighted by atomic mass is 35.5. The van der Waals surface area contributed by atoms with Crippen molar-refractivity contribution in [2.45, 2.75) is 6.36 Å². The van der Waals surface area contributed by atoms with Gasteiger partial charge in [-0.3, -0.25) is 4.79 Å². The van der Waals surface area contributed by atoms with Gasteiger partial charge in [0.15, 0.2) is 5.13 Å². The summed E-state index contributed by atoms with van der Waals surface area (Å²) in [6, 6.07) is 7.52. The first-order valence-corrected chi connectivity index (χ1v) is 10.3. The van der Waals surface area contributed by atoms with Gasteiger partial charge in [0.1, 0.15) is 5.75 Å². The molecule has 2 aromatic heterocycles. The van der Waals surface area contributed by atoms with Crippen molar-refractivity contribution in [1.29, 1.82) is 0 Å². The highest BCUT2D eigenvalue weighted by Crippen LogP contribution is 2.33. The third-order valence-corrected chi connectivity index (χ3v) is 6.50. The van der Waals surface area contributed by atoms with Crippen LogP contribution >= 0.6 is 34.3 Å². The predicted octanol–water partition coefficient (Wildman–Crippen LogP) is 4.87. The normalized spacial score (nSPS) is 15.3. The molecule has 0 unspecified atom stereocenters. The number of carbonyl (C=O) groups is 1. The minimum Gasteiger partial charge on any atom is -0.406 e. The number of carbonyl (C=O) groups excluding carboxylic acids is 1. The molecule has 3 heterocycles. The SMILES string of the molecule is O=C(c1ccc(Cl)s1)N1CCN(c2nc3ccc(OC(F)(F)F)cc3s2)CC1. The van der Waals surface area contributed by atoms with Gasteiger partial charge in [0.05, 0.1) is 19.4 Å². The molecule has 0 saturated carbocycles. The van der Waals surface area contributed by atoms with Crippen LogP contribution in [0.1, 0.15) is 9.67 Å². The second kappa shape index (κ2) is 7.41. The highest BCUT2D eigenvalue weighted by molar-refractivity contribution is 7.22. The molecular weight excluding hydrogens is 435 g/mol. The van der Waals surface area contributed by atoms with Crippen molar-refractivity contribution in [2.24, 2.45) is 0 Å². The molecule has 148 valence electrons. The van der Waals surface area contributed by atoms with Gasteiger partial charge in [-0.05, 0) is 24.3 Å². The second-order valence-electron chi connectivity index (χ2n) is 6.06. The minimum atomic E-state index is -4.73. The van der Waals surface area contributed by atoms with Crippen LogP contribution in [-0.2, 0) is 0 Å². The molecule has 11 heteroatoms. The van der Waals surface area contributed by atoms with Crippen LogP contribution in [0.25, 0.3) is 10.2 Å². The summed E-state index contributed by atoms with van der Waals surface area (Å²) in [6.07, 6.45) is -4.73. The maximum absolute atomic E-state index is 12.5. The molecule has 4 rings (SSSR count). The number of thiophene rings is 1. The fourth-order valence-electron chi connectivity index (χ4n) is 2.91. The summed E-state index contributed by atoms with van der Waals surface area (Å²) in [6.45, 7) is 2.26. The monoisotopic (exact) mass is 447 g/mol. The van der Waals surface area contributed by atoms with Crippen LogP contribution in [0.4, 0.5) is 18.3 Å². The number of halogens is 4. The number of thiazole rings is 1. The van der Waals surface area contributed by atoms with Gasteiger partial charge in [-0.25, -0.2) is 4.98 Å². The standard InChI is InChI=1S/C17H13ClF3N3O2S2/c18-14-4-3-12(27-14)15(25)23-5-7-24(8-6-23)16-22-11-2-1-10(9-13(11)28-16)26-17(19,20)21/h1-4,9H,5-8H2. The number of alkyl halides is 3. The second-order valence-corrected chi connectivity index (χ2v) is 8.78. The molecule has 28 heavy (non-hydrogen) atoms. The number of amides is 1. The van der Waals surface area contributed by atoms with Crippen molar-refractivity contribution >= 4 is 55.5 Å². The zero-order chi connectivity index (χ0) is 19.9. The Morgan fingerprint density at radius 2 is 1.86 bits per heavy atom. The van der Waals surface area contributed by atoms with Crippen molar-refractivity contribution < 1.29 is 22.7 Å². The molecular formula is C17H13ClF3N3O2S2. The zero-order valence-corrected chi connectivity index (χ0v) is 16.6. The molecule has 0 radical (unpaired) electrons. The maximum atomic E-state index is 12.5. The van der Waals surface area contributed by atoms with Gasteiger partial charge in [0.25, 0.3) is 5.91 Å². The summed E-state index contributed by atoms with van der Waals surface area (Å²) in [5.41, 5.74) is 0.612. The molecule has 0 atom stereocenters. The predicted molar refractivity (Wildman–Crippen MR) is 104 cm³/mol. The highest BCUT2D eigenvalue weighted by Gasteiger charge is 2.31. The summed E-state index contributed by atoms with van der Waals surface area (Å²) in [7, 11) is 0. The number of fused-ring (bicyclic) bond motifs is 1. The van der Waals surface area contributed by atoms with Gasteiger partial charge < -0.3 is 14.5 Å². The third kappa shape index (κ3) is 4.18. The van der Waals surface area contributed by atoms with E-state index in [1.54, 1.807) is 17.0 Å². The van der Waals surface area contributed by atoms with E-state index in [1.807, 2.05) is 4.90 Å². The van der Waals surface area contributed by atoms with E-state index in [1.165, 1.54) is 40.9 Å². The maximum Gasteiger partial charge on any atom is 0.573 e. The van der Waals surface area contributed by atoms with Gasteiger partial charge >= 0.3 is 6.36 Å². The minimum absolute atomic E-state index is 0.0465. The molecule has 0 spiro atoms. The van der Waals surface area contributed by atoms with Crippen molar-refractivity contribution in [1.82, 2.24) is 9.88 Å². The third-order valence-electron chi connectivity index (χ3n) is 4.20. The van der Waals surface area contributed by atoms with Crippen LogP contribution in [0.3, 0.4) is 0 Å². The van der Waals surface area contributed by atoms with Crippen LogP contribution in [0.15, 0.2) is 30.3 Å². The number of hydrogen-bond acceptors (Lipinski definition) is 6.